The van der Waals surface area contributed by atoms with Gasteiger partial charge in [-0.25, -0.2) is 19.9 Å². The van der Waals surface area contributed by atoms with E-state index in [2.05, 4.69) is 138 Å². The van der Waals surface area contributed by atoms with E-state index >= 15 is 0 Å². The Labute approximate surface area is 312 Å². The van der Waals surface area contributed by atoms with Gasteiger partial charge in [-0.15, -0.1) is 22.7 Å². The van der Waals surface area contributed by atoms with Crippen molar-refractivity contribution in [3.63, 3.8) is 0 Å². The summed E-state index contributed by atoms with van der Waals surface area (Å²) in [5.41, 5.74) is 7.11. The number of hydrogen-bond acceptors (Lipinski definition) is 6. The van der Waals surface area contributed by atoms with Gasteiger partial charge in [-0.2, -0.15) is 0 Å². The molecule has 0 fully saturated rings. The number of hydrogen-bond donors (Lipinski definition) is 0. The van der Waals surface area contributed by atoms with Gasteiger partial charge in [-0.1, -0.05) is 103 Å². The van der Waals surface area contributed by atoms with Gasteiger partial charge in [-0.3, -0.25) is 4.57 Å². The zero-order valence-corrected chi connectivity index (χ0v) is 29.8. The van der Waals surface area contributed by atoms with Crippen LogP contribution in [0.2, 0.25) is 0 Å². The molecule has 0 atom stereocenters. The van der Waals surface area contributed by atoms with Crippen molar-refractivity contribution in [2.75, 3.05) is 0 Å². The number of benzene rings is 7. The van der Waals surface area contributed by atoms with Crippen molar-refractivity contribution >= 4 is 74.1 Å². The Morgan fingerprint density at radius 1 is 0.396 bits per heavy atom. The van der Waals surface area contributed by atoms with E-state index in [4.69, 9.17) is 19.9 Å². The minimum Gasteiger partial charge on any atom is -0.292 e. The number of thiophene rings is 2. The topological polar surface area (TPSA) is 56.5 Å². The molecule has 4 aromatic heterocycles. The van der Waals surface area contributed by atoms with E-state index in [1.54, 1.807) is 11.3 Å². The lowest BCUT2D eigenvalue weighted by molar-refractivity contribution is 1.08. The van der Waals surface area contributed by atoms with Crippen LogP contribution in [0.3, 0.4) is 0 Å². The van der Waals surface area contributed by atoms with Gasteiger partial charge in [0.15, 0.2) is 17.5 Å². The Balaban J connectivity index is 1.10. The van der Waals surface area contributed by atoms with E-state index in [-0.39, 0.29) is 0 Å². The zero-order chi connectivity index (χ0) is 34.9. The normalized spacial score (nSPS) is 11.8. The van der Waals surface area contributed by atoms with Crippen LogP contribution in [0.5, 0.6) is 0 Å². The second-order valence-corrected chi connectivity index (χ2v) is 15.2. The van der Waals surface area contributed by atoms with Crippen molar-refractivity contribution in [2.24, 2.45) is 0 Å². The summed E-state index contributed by atoms with van der Waals surface area (Å²) >= 11 is 3.60. The summed E-state index contributed by atoms with van der Waals surface area (Å²) in [5.74, 6) is 2.88. The molecular formula is C46H27N5S2. The molecule has 53 heavy (non-hydrogen) atoms. The molecular weight excluding hydrogens is 687 g/mol. The van der Waals surface area contributed by atoms with E-state index in [1.165, 1.54) is 35.0 Å². The van der Waals surface area contributed by atoms with Crippen molar-refractivity contribution < 1.29 is 0 Å². The first-order valence-corrected chi connectivity index (χ1v) is 19.1. The van der Waals surface area contributed by atoms with Crippen LogP contribution in [0.25, 0.3) is 103 Å². The van der Waals surface area contributed by atoms with Crippen molar-refractivity contribution in [1.82, 2.24) is 24.5 Å². The van der Waals surface area contributed by atoms with Crippen LogP contribution < -0.4 is 0 Å². The maximum atomic E-state index is 5.21. The van der Waals surface area contributed by atoms with Crippen LogP contribution in [0, 0.1) is 0 Å². The standard InChI is InChI=1S/C46H27N5S2/c1-3-12-28(13-4-1)43-48-44(29-23-25-39-35(26-29)32-16-7-10-20-38(32)52-39)50-45(49-43)34-17-11-21-40-42(34)33-24-22-30(27-41(33)53-40)46-47-36-18-8-9-19-37(36)51(46)31-14-5-2-6-15-31/h1-27H. The molecule has 0 aliphatic rings. The van der Waals surface area contributed by atoms with Crippen LogP contribution in [-0.2, 0) is 0 Å². The smallest absolute Gasteiger partial charge is 0.164 e. The van der Waals surface area contributed by atoms with Crippen molar-refractivity contribution in [2.45, 2.75) is 0 Å². The number of fused-ring (bicyclic) bond motifs is 7. The number of imidazole rings is 1. The number of rotatable bonds is 5. The van der Waals surface area contributed by atoms with Gasteiger partial charge in [0.25, 0.3) is 0 Å². The molecule has 0 unspecified atom stereocenters. The Bertz CT molecular complexity index is 3180. The Morgan fingerprint density at radius 2 is 1.08 bits per heavy atom. The molecule has 4 heterocycles. The van der Waals surface area contributed by atoms with Crippen molar-refractivity contribution in [3.8, 4) is 51.2 Å². The summed E-state index contributed by atoms with van der Waals surface area (Å²) < 4.78 is 7.14. The summed E-state index contributed by atoms with van der Waals surface area (Å²) in [6.45, 7) is 0. The maximum absolute atomic E-state index is 5.21. The summed E-state index contributed by atoms with van der Waals surface area (Å²) in [7, 11) is 0. The fourth-order valence-electron chi connectivity index (χ4n) is 7.42. The van der Waals surface area contributed by atoms with Crippen LogP contribution >= 0.6 is 22.7 Å². The van der Waals surface area contributed by atoms with E-state index in [1.807, 2.05) is 41.7 Å². The van der Waals surface area contributed by atoms with E-state index in [0.717, 1.165) is 50.2 Å². The lowest BCUT2D eigenvalue weighted by Crippen LogP contribution is -2.00. The van der Waals surface area contributed by atoms with Crippen LogP contribution in [0.15, 0.2) is 164 Å². The molecule has 248 valence electrons. The first-order chi connectivity index (χ1) is 26.2. The molecule has 7 aromatic carbocycles. The van der Waals surface area contributed by atoms with Gasteiger partial charge in [0.05, 0.1) is 11.0 Å². The van der Waals surface area contributed by atoms with Gasteiger partial charge in [0.1, 0.15) is 5.82 Å². The van der Waals surface area contributed by atoms with Gasteiger partial charge in [-0.05, 0) is 60.7 Å². The second-order valence-electron chi connectivity index (χ2n) is 13.1. The molecule has 0 aliphatic carbocycles. The molecule has 0 amide bonds. The van der Waals surface area contributed by atoms with Crippen molar-refractivity contribution in [3.05, 3.63) is 164 Å². The molecule has 0 spiro atoms. The average molecular weight is 714 g/mol. The monoisotopic (exact) mass is 713 g/mol. The third-order valence-electron chi connectivity index (χ3n) is 9.87. The fourth-order valence-corrected chi connectivity index (χ4v) is 9.67. The lowest BCUT2D eigenvalue weighted by Gasteiger charge is -2.10. The highest BCUT2D eigenvalue weighted by atomic mass is 32.1. The molecule has 0 radical (unpaired) electrons. The predicted octanol–water partition coefficient (Wildman–Crippen LogP) is 12.6. The largest absolute Gasteiger partial charge is 0.292 e. The Morgan fingerprint density at radius 3 is 1.96 bits per heavy atom. The molecule has 0 bridgehead atoms. The lowest BCUT2D eigenvalue weighted by atomic mass is 10.0. The minimum absolute atomic E-state index is 0.652. The first kappa shape index (κ1) is 30.1. The average Bonchev–Trinajstić information content (AvgIpc) is 3.92. The number of nitrogens with zero attached hydrogens (tertiary/aromatic N) is 5. The van der Waals surface area contributed by atoms with E-state index in [9.17, 15) is 0 Å². The molecule has 0 saturated carbocycles. The van der Waals surface area contributed by atoms with Crippen LogP contribution in [-0.4, -0.2) is 24.5 Å². The SMILES string of the molecule is c1ccc(-c2nc(-c3ccc4sc5ccccc5c4c3)nc(-c3cccc4sc5cc(-c6nc7ccccc7n6-c6ccccc6)ccc5c34)n2)cc1. The van der Waals surface area contributed by atoms with E-state index in [0.29, 0.717) is 17.5 Å². The second kappa shape index (κ2) is 12.0. The summed E-state index contributed by atoms with van der Waals surface area (Å²) in [4.78, 5) is 20.6. The third kappa shape index (κ3) is 4.97. The Hall–Kier alpha value is -6.54. The molecule has 11 rings (SSSR count). The quantitative estimate of drug-likeness (QED) is 0.178. The van der Waals surface area contributed by atoms with Gasteiger partial charge in [0.2, 0.25) is 0 Å². The zero-order valence-electron chi connectivity index (χ0n) is 28.1. The van der Waals surface area contributed by atoms with Crippen LogP contribution in [0.1, 0.15) is 0 Å². The third-order valence-corrected chi connectivity index (χ3v) is 12.1. The summed E-state index contributed by atoms with van der Waals surface area (Å²) in [5, 5.41) is 4.78. The fraction of sp³-hybridized carbons (Fsp3) is 0. The van der Waals surface area contributed by atoms with Crippen LogP contribution in [0.4, 0.5) is 0 Å². The number of para-hydroxylation sites is 3. The maximum Gasteiger partial charge on any atom is 0.164 e. The first-order valence-electron chi connectivity index (χ1n) is 17.5. The highest BCUT2D eigenvalue weighted by molar-refractivity contribution is 7.26. The van der Waals surface area contributed by atoms with Gasteiger partial charge < -0.3 is 0 Å². The van der Waals surface area contributed by atoms with Crippen molar-refractivity contribution in [1.29, 1.82) is 0 Å². The molecule has 0 saturated heterocycles. The highest BCUT2D eigenvalue weighted by Gasteiger charge is 2.20. The van der Waals surface area contributed by atoms with Gasteiger partial charge >= 0.3 is 0 Å². The molecule has 0 N–H and O–H groups in total. The molecule has 7 heteroatoms. The predicted molar refractivity (Wildman–Crippen MR) is 222 cm³/mol. The van der Waals surface area contributed by atoms with E-state index < -0.39 is 0 Å². The molecule has 5 nitrogen and oxygen atoms in total. The summed E-state index contributed by atoms with van der Waals surface area (Å²) in [6, 6.07) is 57.3. The minimum atomic E-state index is 0.652. The highest BCUT2D eigenvalue weighted by Crippen LogP contribution is 2.42. The Kier molecular flexibility index (Phi) is 6.83. The van der Waals surface area contributed by atoms with Gasteiger partial charge in [0, 0.05) is 68.3 Å². The molecule has 0 aliphatic heterocycles. The number of aromatic nitrogens is 5. The summed E-state index contributed by atoms with van der Waals surface area (Å²) in [6.07, 6.45) is 0. The molecule has 11 aromatic rings.